The molecule has 0 atom stereocenters. The van der Waals surface area contributed by atoms with Crippen molar-refractivity contribution in [3.8, 4) is 34.7 Å². The van der Waals surface area contributed by atoms with E-state index in [1.54, 1.807) is 0 Å². The Hall–Kier alpha value is -4.19. The molecule has 0 aliphatic carbocycles. The van der Waals surface area contributed by atoms with Crippen LogP contribution in [0.15, 0.2) is 67.8 Å². The van der Waals surface area contributed by atoms with Crippen molar-refractivity contribution in [2.75, 3.05) is 0 Å². The normalized spacial score (nSPS) is 13.2. The molecule has 0 fully saturated rings. The van der Waals surface area contributed by atoms with Crippen molar-refractivity contribution < 1.29 is 13.3 Å². The maximum Gasteiger partial charge on any atom is 0.285 e. The molecule has 6 nitrogen and oxygen atoms in total. The van der Waals surface area contributed by atoms with Gasteiger partial charge in [-0.15, -0.1) is 0 Å². The summed E-state index contributed by atoms with van der Waals surface area (Å²) in [7, 11) is 0. The van der Waals surface area contributed by atoms with Gasteiger partial charge in [-0.2, -0.15) is 0 Å². The van der Waals surface area contributed by atoms with Crippen molar-refractivity contribution in [3.05, 3.63) is 76.9 Å². The predicted octanol–water partition coefficient (Wildman–Crippen LogP) is 12.7. The van der Waals surface area contributed by atoms with Crippen LogP contribution in [-0.4, -0.2) is 15.0 Å². The molecule has 6 aromatic rings. The Labute approximate surface area is 291 Å². The molecule has 49 heavy (non-hydrogen) atoms. The van der Waals surface area contributed by atoms with Gasteiger partial charge in [-0.25, -0.2) is 15.0 Å². The zero-order valence-electron chi connectivity index (χ0n) is 31.6. The fourth-order valence-corrected chi connectivity index (χ4v) is 6.18. The molecule has 0 aliphatic heterocycles. The first-order valence-electron chi connectivity index (χ1n) is 18.0. The molecule has 0 unspecified atom stereocenters. The summed E-state index contributed by atoms with van der Waals surface area (Å²) in [6, 6.07) is 19.0. The van der Waals surface area contributed by atoms with Gasteiger partial charge in [-0.1, -0.05) is 126 Å². The predicted molar refractivity (Wildman–Crippen MR) is 201 cm³/mol. The Kier molecular flexibility index (Phi) is 8.70. The lowest BCUT2D eigenvalue weighted by Gasteiger charge is -2.28. The fraction of sp³-hybridized carbons (Fsp3) is 0.465. The fourth-order valence-electron chi connectivity index (χ4n) is 6.18. The molecule has 0 bridgehead atoms. The van der Waals surface area contributed by atoms with Crippen molar-refractivity contribution in [2.24, 2.45) is 0 Å². The third-order valence-electron chi connectivity index (χ3n) is 11.6. The maximum atomic E-state index is 6.69. The standard InChI is InChI=1S/C43H53N3O3/c1-13-40(5,6)27-22-29(42(9,10)15-3)34-31(24-27)44-37(47-34)36-33(26-20-18-17-19-21-26)46-39(49-36)38-45-32-25-28(41(7,8)14-2)23-30(35(32)48-38)43(11,12)16-4/h17-25H,13-16H2,1-12H3. The largest absolute Gasteiger partial charge is 0.433 e. The van der Waals surface area contributed by atoms with Gasteiger partial charge < -0.3 is 13.3 Å². The monoisotopic (exact) mass is 659 g/mol. The van der Waals surface area contributed by atoms with Crippen LogP contribution < -0.4 is 0 Å². The molecule has 0 amide bonds. The average Bonchev–Trinajstić information content (AvgIpc) is 3.84. The van der Waals surface area contributed by atoms with Gasteiger partial charge in [0, 0.05) is 16.7 Å². The van der Waals surface area contributed by atoms with Crippen molar-refractivity contribution in [1.29, 1.82) is 0 Å². The van der Waals surface area contributed by atoms with Gasteiger partial charge in [-0.05, 0) is 70.6 Å². The first-order chi connectivity index (χ1) is 23.0. The molecule has 3 heterocycles. The smallest absolute Gasteiger partial charge is 0.285 e. The number of hydrogen-bond acceptors (Lipinski definition) is 6. The minimum Gasteiger partial charge on any atom is -0.433 e. The molecule has 0 aliphatic rings. The topological polar surface area (TPSA) is 78.1 Å². The van der Waals surface area contributed by atoms with Crippen LogP contribution in [0.25, 0.3) is 56.9 Å². The Bertz CT molecular complexity index is 2120. The van der Waals surface area contributed by atoms with Crippen molar-refractivity contribution in [2.45, 2.75) is 130 Å². The molecule has 3 aromatic carbocycles. The van der Waals surface area contributed by atoms with E-state index in [4.69, 9.17) is 28.2 Å². The lowest BCUT2D eigenvalue weighted by Crippen LogP contribution is -2.20. The number of nitrogens with zero attached hydrogens (tertiary/aromatic N) is 3. The summed E-state index contributed by atoms with van der Waals surface area (Å²) in [5.74, 6) is 1.49. The van der Waals surface area contributed by atoms with Gasteiger partial charge in [0.1, 0.15) is 16.7 Å². The summed E-state index contributed by atoms with van der Waals surface area (Å²) in [5, 5.41) is 0. The second-order valence-electron chi connectivity index (χ2n) is 16.3. The van der Waals surface area contributed by atoms with Crippen molar-refractivity contribution in [3.63, 3.8) is 0 Å². The first kappa shape index (κ1) is 34.7. The van der Waals surface area contributed by atoms with Crippen LogP contribution in [0.1, 0.15) is 131 Å². The molecular formula is C43H53N3O3. The maximum absolute atomic E-state index is 6.69. The van der Waals surface area contributed by atoms with Crippen LogP contribution in [0.2, 0.25) is 0 Å². The van der Waals surface area contributed by atoms with Crippen LogP contribution in [0.4, 0.5) is 0 Å². The minimum absolute atomic E-state index is 0.00712. The van der Waals surface area contributed by atoms with Crippen LogP contribution in [0, 0.1) is 0 Å². The van der Waals surface area contributed by atoms with Gasteiger partial charge >= 0.3 is 0 Å². The highest BCUT2D eigenvalue weighted by molar-refractivity contribution is 5.85. The molecule has 0 radical (unpaired) electrons. The number of oxazole rings is 3. The highest BCUT2D eigenvalue weighted by Crippen LogP contribution is 2.44. The summed E-state index contributed by atoms with van der Waals surface area (Å²) in [5.41, 5.74) is 9.29. The van der Waals surface area contributed by atoms with E-state index < -0.39 is 0 Å². The van der Waals surface area contributed by atoms with Crippen LogP contribution >= 0.6 is 0 Å². The van der Waals surface area contributed by atoms with Crippen molar-refractivity contribution in [1.82, 2.24) is 15.0 Å². The Morgan fingerprint density at radius 2 is 0.918 bits per heavy atom. The van der Waals surface area contributed by atoms with Crippen LogP contribution in [0.3, 0.4) is 0 Å². The number of hydrogen-bond donors (Lipinski definition) is 0. The summed E-state index contributed by atoms with van der Waals surface area (Å²) >= 11 is 0. The van der Waals surface area contributed by atoms with E-state index in [0.29, 0.717) is 29.1 Å². The van der Waals surface area contributed by atoms with Gasteiger partial charge in [0.25, 0.3) is 17.7 Å². The second-order valence-corrected chi connectivity index (χ2v) is 16.3. The molecule has 0 saturated heterocycles. The number of aromatic nitrogens is 3. The van der Waals surface area contributed by atoms with Gasteiger partial charge in [-0.3, -0.25) is 0 Å². The molecule has 258 valence electrons. The summed E-state index contributed by atoms with van der Waals surface area (Å²) < 4.78 is 19.9. The zero-order chi connectivity index (χ0) is 35.5. The van der Waals surface area contributed by atoms with Crippen molar-refractivity contribution >= 4 is 22.2 Å². The van der Waals surface area contributed by atoms with E-state index in [9.17, 15) is 0 Å². The minimum atomic E-state index is -0.114. The molecule has 0 spiro atoms. The molecule has 0 saturated carbocycles. The molecule has 6 rings (SSSR count). The molecule has 0 N–H and O–H groups in total. The lowest BCUT2D eigenvalue weighted by atomic mass is 9.76. The molecule has 6 heteroatoms. The Morgan fingerprint density at radius 3 is 1.39 bits per heavy atom. The quantitative estimate of drug-likeness (QED) is 0.138. The third-order valence-corrected chi connectivity index (χ3v) is 11.6. The third kappa shape index (κ3) is 6.13. The highest BCUT2D eigenvalue weighted by Gasteiger charge is 2.32. The zero-order valence-corrected chi connectivity index (χ0v) is 31.6. The van der Waals surface area contributed by atoms with E-state index in [2.05, 4.69) is 107 Å². The first-order valence-corrected chi connectivity index (χ1v) is 18.0. The van der Waals surface area contributed by atoms with Crippen LogP contribution in [0.5, 0.6) is 0 Å². The SMILES string of the molecule is CCC(C)(C)c1cc(C(C)(C)CC)c2oc(-c3nc(-c4ccccc4)c(-c4nc5cc(C(C)(C)CC)cc(C(C)(C)CC)c5o4)o3)nc2c1. The number of fused-ring (bicyclic) bond motifs is 2. The van der Waals surface area contributed by atoms with Gasteiger partial charge in [0.05, 0.1) is 0 Å². The lowest BCUT2D eigenvalue weighted by molar-refractivity contribution is 0.478. The molecule has 3 aromatic heterocycles. The average molecular weight is 660 g/mol. The van der Waals surface area contributed by atoms with E-state index in [0.717, 1.165) is 64.6 Å². The summed E-state index contributed by atoms with van der Waals surface area (Å²) in [6.45, 7) is 27.1. The second kappa shape index (κ2) is 12.3. The Morgan fingerprint density at radius 1 is 0.490 bits per heavy atom. The summed E-state index contributed by atoms with van der Waals surface area (Å²) in [6.07, 6.45) is 3.94. The van der Waals surface area contributed by atoms with E-state index >= 15 is 0 Å². The molecular weight excluding hydrogens is 606 g/mol. The van der Waals surface area contributed by atoms with E-state index in [1.165, 1.54) is 11.1 Å². The summed E-state index contributed by atoms with van der Waals surface area (Å²) in [4.78, 5) is 15.1. The van der Waals surface area contributed by atoms with Gasteiger partial charge in [0.2, 0.25) is 5.76 Å². The number of benzene rings is 3. The number of rotatable bonds is 11. The highest BCUT2D eigenvalue weighted by atomic mass is 16.4. The van der Waals surface area contributed by atoms with E-state index in [1.807, 2.05) is 30.3 Å². The van der Waals surface area contributed by atoms with Crippen LogP contribution in [-0.2, 0) is 21.7 Å². The van der Waals surface area contributed by atoms with Gasteiger partial charge in [0.15, 0.2) is 11.2 Å². The van der Waals surface area contributed by atoms with E-state index in [-0.39, 0.29) is 21.7 Å². The Balaban J connectivity index is 1.59.